The van der Waals surface area contributed by atoms with Crippen LogP contribution in [0.3, 0.4) is 0 Å². The minimum atomic E-state index is -1.28. The summed E-state index contributed by atoms with van der Waals surface area (Å²) in [7, 11) is 0. The molecular weight excluding hydrogens is 229 g/mol. The zero-order valence-electron chi connectivity index (χ0n) is 9.62. The van der Waals surface area contributed by atoms with Gasteiger partial charge in [0.1, 0.15) is 0 Å². The summed E-state index contributed by atoms with van der Waals surface area (Å²) in [5, 5.41) is 36.1. The van der Waals surface area contributed by atoms with Gasteiger partial charge in [-0.15, -0.1) is 0 Å². The van der Waals surface area contributed by atoms with Crippen LogP contribution in [0.25, 0.3) is 0 Å². The second-order valence-corrected chi connectivity index (χ2v) is 3.47. The Balaban J connectivity index is 0. The second-order valence-electron chi connectivity index (χ2n) is 3.47. The fourth-order valence-electron chi connectivity index (χ4n) is 1.40. The quantitative estimate of drug-likeness (QED) is 0.214. The normalized spacial score (nSPS) is 14.8. The zero-order chi connectivity index (χ0) is 12.2. The summed E-state index contributed by atoms with van der Waals surface area (Å²) in [4.78, 5) is 21.1. The summed E-state index contributed by atoms with van der Waals surface area (Å²) < 4.78 is -0.815. The Hall–Kier alpha value is -0.180. The number of aliphatic hydroxyl groups excluding tert-OH is 2. The van der Waals surface area contributed by atoms with E-state index in [2.05, 4.69) is 0 Å². The monoisotopic (exact) mass is 245 g/mol. The Morgan fingerprint density at radius 3 is 1.38 bits per heavy atom. The van der Waals surface area contributed by atoms with Gasteiger partial charge >= 0.3 is 41.5 Å². The van der Waals surface area contributed by atoms with Crippen LogP contribution in [0.1, 0.15) is 13.8 Å². The summed E-state index contributed by atoms with van der Waals surface area (Å²) in [6, 6.07) is 0. The van der Waals surface area contributed by atoms with Gasteiger partial charge in [0.2, 0.25) is 0 Å². The van der Waals surface area contributed by atoms with E-state index in [-0.39, 0.29) is 29.6 Å². The molecule has 0 amide bonds. The minimum absolute atomic E-state index is 0. The van der Waals surface area contributed by atoms with E-state index in [4.69, 9.17) is 10.2 Å². The van der Waals surface area contributed by atoms with Crippen LogP contribution >= 0.6 is 0 Å². The number of hydrogen-bond donors (Lipinski definition) is 4. The van der Waals surface area contributed by atoms with E-state index in [0.717, 1.165) is 0 Å². The molecule has 7 nitrogen and oxygen atoms in total. The molecule has 2 atom stereocenters. The third kappa shape index (κ3) is 4.77. The van der Waals surface area contributed by atoms with Gasteiger partial charge in [0.25, 0.3) is 0 Å². The minimum Gasteiger partial charge on any atom is -0.477 e. The third-order valence-corrected chi connectivity index (χ3v) is 2.35. The standard InChI is InChI=1S/C8H15NO6.Na/c1-5(10)9(6(2)11,3-7(12)13)4-8(14)15;/h5-6,10-11H,3-4H2,1-2H3,(H-,12,13,14,15);/q;+1/p+1. The molecule has 4 N–H and O–H groups in total. The number of quaternary nitrogens is 1. The predicted octanol–water partition coefficient (Wildman–Crippen LogP) is -4.35. The summed E-state index contributed by atoms with van der Waals surface area (Å²) in [6.45, 7) is 1.19. The van der Waals surface area contributed by atoms with Crippen LogP contribution in [-0.2, 0) is 9.59 Å². The molecule has 8 heteroatoms. The van der Waals surface area contributed by atoms with E-state index in [1.807, 2.05) is 0 Å². The molecule has 0 bridgehead atoms. The molecule has 0 heterocycles. The first-order valence-electron chi connectivity index (χ1n) is 4.38. The molecular formula is C8H16NNaO6+2. The number of nitrogens with zero attached hydrogens (tertiary/aromatic N) is 1. The van der Waals surface area contributed by atoms with Gasteiger partial charge in [0.05, 0.1) is 0 Å². The fraction of sp³-hybridized carbons (Fsp3) is 0.750. The first-order chi connectivity index (χ1) is 6.72. The Kier molecular flexibility index (Phi) is 8.19. The van der Waals surface area contributed by atoms with Gasteiger partial charge in [0.15, 0.2) is 25.5 Å². The van der Waals surface area contributed by atoms with E-state index in [1.165, 1.54) is 13.8 Å². The molecule has 0 aliphatic rings. The predicted molar refractivity (Wildman–Crippen MR) is 48.6 cm³/mol. The Morgan fingerprint density at radius 2 is 1.25 bits per heavy atom. The third-order valence-electron chi connectivity index (χ3n) is 2.35. The maximum atomic E-state index is 10.6. The van der Waals surface area contributed by atoms with Crippen molar-refractivity contribution in [2.45, 2.75) is 26.3 Å². The molecule has 16 heavy (non-hydrogen) atoms. The molecule has 0 aromatic rings. The zero-order valence-corrected chi connectivity index (χ0v) is 11.6. The van der Waals surface area contributed by atoms with E-state index >= 15 is 0 Å². The van der Waals surface area contributed by atoms with Gasteiger partial charge in [-0.1, -0.05) is 0 Å². The molecule has 88 valence electrons. The van der Waals surface area contributed by atoms with Gasteiger partial charge in [-0.3, -0.25) is 4.48 Å². The maximum Gasteiger partial charge on any atom is 1.00 e. The van der Waals surface area contributed by atoms with Crippen LogP contribution in [0.4, 0.5) is 0 Å². The molecule has 0 rings (SSSR count). The number of carbonyl (C=O) groups is 2. The van der Waals surface area contributed by atoms with E-state index in [0.29, 0.717) is 0 Å². The van der Waals surface area contributed by atoms with E-state index in [1.54, 1.807) is 0 Å². The molecule has 0 saturated heterocycles. The number of carboxylic acids is 2. The van der Waals surface area contributed by atoms with Crippen molar-refractivity contribution < 1.29 is 64.1 Å². The molecule has 0 saturated carbocycles. The summed E-state index contributed by atoms with van der Waals surface area (Å²) in [5.74, 6) is -2.56. The van der Waals surface area contributed by atoms with Crippen LogP contribution in [0.5, 0.6) is 0 Å². The van der Waals surface area contributed by atoms with Crippen molar-refractivity contribution in [3.05, 3.63) is 0 Å². The number of aliphatic hydroxyl groups is 2. The van der Waals surface area contributed by atoms with E-state index < -0.39 is 42.0 Å². The molecule has 0 aromatic carbocycles. The van der Waals surface area contributed by atoms with Crippen molar-refractivity contribution >= 4 is 11.9 Å². The molecule has 0 aromatic heterocycles. The molecule has 0 aliphatic heterocycles. The average Bonchev–Trinajstić information content (AvgIpc) is 1.99. The van der Waals surface area contributed by atoms with Crippen LogP contribution in [0, 0.1) is 0 Å². The molecule has 2 unspecified atom stereocenters. The average molecular weight is 245 g/mol. The topological polar surface area (TPSA) is 115 Å². The first kappa shape index (κ1) is 18.2. The summed E-state index contributed by atoms with van der Waals surface area (Å²) in [6.07, 6.45) is -2.56. The van der Waals surface area contributed by atoms with Gasteiger partial charge < -0.3 is 20.4 Å². The van der Waals surface area contributed by atoms with Crippen LogP contribution in [0.2, 0.25) is 0 Å². The summed E-state index contributed by atoms with van der Waals surface area (Å²) >= 11 is 0. The van der Waals surface area contributed by atoms with Crippen molar-refractivity contribution in [1.82, 2.24) is 0 Å². The van der Waals surface area contributed by atoms with Crippen molar-refractivity contribution in [3.8, 4) is 0 Å². The van der Waals surface area contributed by atoms with Gasteiger partial charge in [-0.2, -0.15) is 0 Å². The smallest absolute Gasteiger partial charge is 0.477 e. The van der Waals surface area contributed by atoms with Crippen LogP contribution in [-0.4, -0.2) is 62.4 Å². The molecule has 0 fully saturated rings. The fourth-order valence-corrected chi connectivity index (χ4v) is 1.40. The van der Waals surface area contributed by atoms with Gasteiger partial charge in [-0.05, 0) is 0 Å². The maximum absolute atomic E-state index is 10.6. The first-order valence-corrected chi connectivity index (χ1v) is 4.38. The number of aliphatic carboxylic acids is 2. The molecule has 0 radical (unpaired) electrons. The van der Waals surface area contributed by atoms with Gasteiger partial charge in [0, 0.05) is 13.8 Å². The Morgan fingerprint density at radius 1 is 1.00 bits per heavy atom. The van der Waals surface area contributed by atoms with Crippen molar-refractivity contribution in [3.63, 3.8) is 0 Å². The van der Waals surface area contributed by atoms with Crippen molar-refractivity contribution in [1.29, 1.82) is 0 Å². The largest absolute Gasteiger partial charge is 1.00 e. The van der Waals surface area contributed by atoms with Crippen LogP contribution < -0.4 is 29.6 Å². The molecule has 0 aliphatic carbocycles. The number of rotatable bonds is 6. The molecule has 0 spiro atoms. The Labute approximate surface area is 115 Å². The number of hydrogen-bond acceptors (Lipinski definition) is 4. The SMILES string of the molecule is CC(O)[N+](CC(=O)O)(CC(=O)O)C(C)O.[Na+]. The summed E-state index contributed by atoms with van der Waals surface area (Å²) in [5.41, 5.74) is 0. The van der Waals surface area contributed by atoms with E-state index in [9.17, 15) is 19.8 Å². The van der Waals surface area contributed by atoms with Crippen LogP contribution in [0.15, 0.2) is 0 Å². The van der Waals surface area contributed by atoms with Crippen molar-refractivity contribution in [2.24, 2.45) is 0 Å². The van der Waals surface area contributed by atoms with Crippen molar-refractivity contribution in [2.75, 3.05) is 13.1 Å². The second kappa shape index (κ2) is 7.21. The Bertz CT molecular complexity index is 229. The van der Waals surface area contributed by atoms with Gasteiger partial charge in [-0.25, -0.2) is 9.59 Å². The number of carboxylic acid groups (broad SMARTS) is 2.